The molecule has 1 N–H and O–H groups in total. The number of nitrogens with one attached hydrogen (secondary N) is 1. The Hall–Kier alpha value is -2.56. The maximum Gasteiger partial charge on any atom is 0.342 e. The summed E-state index contributed by atoms with van der Waals surface area (Å²) in [5, 5.41) is 4.97. The highest BCUT2D eigenvalue weighted by Crippen LogP contribution is 2.49. The van der Waals surface area contributed by atoms with Gasteiger partial charge in [0.15, 0.2) is 6.10 Å². The van der Waals surface area contributed by atoms with Crippen molar-refractivity contribution in [1.29, 1.82) is 0 Å². The quantitative estimate of drug-likeness (QED) is 0.739. The molecule has 2 aromatic carbocycles. The fourth-order valence-electron chi connectivity index (χ4n) is 5.18. The van der Waals surface area contributed by atoms with Gasteiger partial charge in [0, 0.05) is 6.04 Å². The predicted molar refractivity (Wildman–Crippen MR) is 112 cm³/mol. The second kappa shape index (κ2) is 8.05. The van der Waals surface area contributed by atoms with Crippen molar-refractivity contribution < 1.29 is 19.1 Å². The molecule has 0 aromatic heterocycles. The first-order valence-corrected chi connectivity index (χ1v) is 10.5. The molecule has 2 aliphatic rings. The fraction of sp³-hybridized carbons (Fsp3) is 0.500. The van der Waals surface area contributed by atoms with Gasteiger partial charge in [0.05, 0.1) is 7.11 Å². The first-order valence-electron chi connectivity index (χ1n) is 10.5. The third-order valence-corrected chi connectivity index (χ3v) is 6.75. The van der Waals surface area contributed by atoms with E-state index in [1.807, 2.05) is 30.3 Å². The number of amides is 1. The highest BCUT2D eigenvalue weighted by molar-refractivity contribution is 5.99. The van der Waals surface area contributed by atoms with E-state index in [1.165, 1.54) is 32.8 Å². The number of benzene rings is 2. The Kier molecular flexibility index (Phi) is 5.48. The van der Waals surface area contributed by atoms with Gasteiger partial charge in [-0.3, -0.25) is 4.79 Å². The van der Waals surface area contributed by atoms with Gasteiger partial charge in [-0.25, -0.2) is 4.79 Å². The number of esters is 1. The van der Waals surface area contributed by atoms with Crippen LogP contribution in [0.5, 0.6) is 5.75 Å². The third kappa shape index (κ3) is 3.96. The maximum atomic E-state index is 12.7. The first-order chi connectivity index (χ1) is 14.0. The summed E-state index contributed by atoms with van der Waals surface area (Å²) in [5.41, 5.74) is 0.326. The lowest BCUT2D eigenvalue weighted by atomic mass is 9.84. The molecule has 0 spiro atoms. The topological polar surface area (TPSA) is 64.6 Å². The van der Waals surface area contributed by atoms with Gasteiger partial charge >= 0.3 is 5.97 Å². The monoisotopic (exact) mass is 395 g/mol. The molecule has 0 saturated heterocycles. The molecule has 5 atom stereocenters. The van der Waals surface area contributed by atoms with E-state index in [1.54, 1.807) is 13.0 Å². The molecule has 2 aromatic rings. The zero-order chi connectivity index (χ0) is 20.5. The van der Waals surface area contributed by atoms with Crippen LogP contribution in [0.25, 0.3) is 10.8 Å². The number of carbonyl (C=O) groups is 2. The van der Waals surface area contributed by atoms with Crippen molar-refractivity contribution in [2.75, 3.05) is 7.11 Å². The summed E-state index contributed by atoms with van der Waals surface area (Å²) in [6.07, 6.45) is 4.26. The fourth-order valence-corrected chi connectivity index (χ4v) is 5.18. The van der Waals surface area contributed by atoms with Crippen LogP contribution in [-0.2, 0) is 9.53 Å². The van der Waals surface area contributed by atoms with Gasteiger partial charge in [-0.1, -0.05) is 30.7 Å². The molecule has 5 heteroatoms. The summed E-state index contributed by atoms with van der Waals surface area (Å²) in [6.45, 7) is 3.69. The van der Waals surface area contributed by atoms with Gasteiger partial charge in [-0.05, 0) is 73.8 Å². The SMILES string of the molecule is COc1cc2ccccc2cc1C(=O)O[C@H](C)C(=O)N[C@@H](C)[C@H]1C[C@H]2CC[C@H]1C2. The number of hydrogen-bond acceptors (Lipinski definition) is 4. The van der Waals surface area contributed by atoms with Gasteiger partial charge in [-0.15, -0.1) is 0 Å². The molecule has 0 unspecified atom stereocenters. The van der Waals surface area contributed by atoms with Crippen LogP contribution < -0.4 is 10.1 Å². The molecule has 2 aliphatic carbocycles. The second-order valence-electron chi connectivity index (χ2n) is 8.58. The Labute approximate surface area is 171 Å². The van der Waals surface area contributed by atoms with Crippen LogP contribution in [0.1, 0.15) is 49.9 Å². The van der Waals surface area contributed by atoms with Crippen LogP contribution in [0.3, 0.4) is 0 Å². The number of methoxy groups -OCH3 is 1. The van der Waals surface area contributed by atoms with E-state index in [-0.39, 0.29) is 11.9 Å². The Morgan fingerprint density at radius 2 is 1.79 bits per heavy atom. The van der Waals surface area contributed by atoms with Gasteiger partial charge in [0.1, 0.15) is 11.3 Å². The lowest BCUT2D eigenvalue weighted by Gasteiger charge is -2.29. The van der Waals surface area contributed by atoms with Crippen molar-refractivity contribution >= 4 is 22.6 Å². The van der Waals surface area contributed by atoms with E-state index < -0.39 is 12.1 Å². The summed E-state index contributed by atoms with van der Waals surface area (Å²) >= 11 is 0. The standard InChI is InChI=1S/C24H29NO4/c1-14(20-11-16-8-9-19(20)10-16)25-23(26)15(2)29-24(27)21-12-17-6-4-5-7-18(17)13-22(21)28-3/h4-7,12-16,19-20H,8-11H2,1-3H3,(H,25,26)/t14-,15+,16-,19-,20+/m0/s1. The van der Waals surface area contributed by atoms with Gasteiger partial charge in [0.25, 0.3) is 5.91 Å². The number of carbonyl (C=O) groups excluding carboxylic acids is 2. The van der Waals surface area contributed by atoms with Crippen molar-refractivity contribution in [1.82, 2.24) is 5.32 Å². The molecular weight excluding hydrogens is 366 g/mol. The summed E-state index contributed by atoms with van der Waals surface area (Å²) < 4.78 is 10.9. The molecule has 2 fully saturated rings. The van der Waals surface area contributed by atoms with Crippen LogP contribution in [0.15, 0.2) is 36.4 Å². The maximum absolute atomic E-state index is 12.7. The molecule has 29 heavy (non-hydrogen) atoms. The van der Waals surface area contributed by atoms with Crippen LogP contribution >= 0.6 is 0 Å². The lowest BCUT2D eigenvalue weighted by Crippen LogP contribution is -2.45. The molecule has 2 bridgehead atoms. The summed E-state index contributed by atoms with van der Waals surface area (Å²) in [7, 11) is 1.52. The highest BCUT2D eigenvalue weighted by atomic mass is 16.5. The molecule has 1 amide bonds. The largest absolute Gasteiger partial charge is 0.496 e. The zero-order valence-electron chi connectivity index (χ0n) is 17.3. The normalized spacial score (nSPS) is 24.9. The molecule has 5 nitrogen and oxygen atoms in total. The summed E-state index contributed by atoms with van der Waals surface area (Å²) in [5.74, 6) is 1.75. The van der Waals surface area contributed by atoms with E-state index in [2.05, 4.69) is 12.2 Å². The molecule has 2 saturated carbocycles. The van der Waals surface area contributed by atoms with E-state index in [4.69, 9.17) is 9.47 Å². The molecule has 4 rings (SSSR count). The number of fused-ring (bicyclic) bond motifs is 3. The van der Waals surface area contributed by atoms with E-state index in [0.29, 0.717) is 17.2 Å². The highest BCUT2D eigenvalue weighted by Gasteiger charge is 2.42. The van der Waals surface area contributed by atoms with Crippen molar-refractivity contribution in [3.05, 3.63) is 42.0 Å². The average molecular weight is 395 g/mol. The summed E-state index contributed by atoms with van der Waals surface area (Å²) in [6, 6.07) is 11.4. The Morgan fingerprint density at radius 1 is 1.07 bits per heavy atom. The van der Waals surface area contributed by atoms with Crippen LogP contribution in [-0.4, -0.2) is 31.1 Å². The zero-order valence-corrected chi connectivity index (χ0v) is 17.3. The van der Waals surface area contributed by atoms with Crippen molar-refractivity contribution in [3.8, 4) is 5.75 Å². The Bertz CT molecular complexity index is 924. The van der Waals surface area contributed by atoms with Crippen LogP contribution in [0, 0.1) is 17.8 Å². The van der Waals surface area contributed by atoms with E-state index in [0.717, 1.165) is 22.6 Å². The Balaban J connectivity index is 1.41. The minimum Gasteiger partial charge on any atom is -0.496 e. The van der Waals surface area contributed by atoms with E-state index in [9.17, 15) is 9.59 Å². The van der Waals surface area contributed by atoms with Gasteiger partial charge in [0.2, 0.25) is 0 Å². The average Bonchev–Trinajstić information content (AvgIpc) is 3.36. The molecule has 154 valence electrons. The molecular formula is C24H29NO4. The molecule has 0 radical (unpaired) electrons. The van der Waals surface area contributed by atoms with Crippen LogP contribution in [0.2, 0.25) is 0 Å². The number of hydrogen-bond donors (Lipinski definition) is 1. The summed E-state index contributed by atoms with van der Waals surface area (Å²) in [4.78, 5) is 25.4. The Morgan fingerprint density at radius 3 is 2.41 bits per heavy atom. The first kappa shape index (κ1) is 19.7. The third-order valence-electron chi connectivity index (χ3n) is 6.75. The van der Waals surface area contributed by atoms with Crippen molar-refractivity contribution in [3.63, 3.8) is 0 Å². The molecule has 0 aliphatic heterocycles. The van der Waals surface area contributed by atoms with Gasteiger partial charge < -0.3 is 14.8 Å². The number of rotatable bonds is 6. The number of ether oxygens (including phenoxy) is 2. The second-order valence-corrected chi connectivity index (χ2v) is 8.58. The van der Waals surface area contributed by atoms with E-state index >= 15 is 0 Å². The van der Waals surface area contributed by atoms with Gasteiger partial charge in [-0.2, -0.15) is 0 Å². The molecule has 0 heterocycles. The predicted octanol–water partition coefficient (Wildman–Crippen LogP) is 4.33. The van der Waals surface area contributed by atoms with Crippen molar-refractivity contribution in [2.24, 2.45) is 17.8 Å². The lowest BCUT2D eigenvalue weighted by molar-refractivity contribution is -0.130. The van der Waals surface area contributed by atoms with Crippen molar-refractivity contribution in [2.45, 2.75) is 51.7 Å². The van der Waals surface area contributed by atoms with Crippen LogP contribution in [0.4, 0.5) is 0 Å². The minimum atomic E-state index is -0.861. The minimum absolute atomic E-state index is 0.106. The smallest absolute Gasteiger partial charge is 0.342 e.